The van der Waals surface area contributed by atoms with E-state index in [1.165, 1.54) is 5.56 Å². The quantitative estimate of drug-likeness (QED) is 0.662. The molecule has 0 heterocycles. The zero-order valence-corrected chi connectivity index (χ0v) is 16.6. The highest BCUT2D eigenvalue weighted by Crippen LogP contribution is 2.35. The molecule has 0 saturated heterocycles. The summed E-state index contributed by atoms with van der Waals surface area (Å²) in [6.45, 7) is 15.1. The third-order valence-electron chi connectivity index (χ3n) is 4.70. The molecular formula is C22H30OSi. The molecule has 0 spiro atoms. The van der Waals surface area contributed by atoms with E-state index in [2.05, 4.69) is 77.2 Å². The predicted octanol–water partition coefficient (Wildman–Crippen LogP) is 6.00. The van der Waals surface area contributed by atoms with Crippen LogP contribution in [0.25, 0.3) is 5.57 Å². The van der Waals surface area contributed by atoms with E-state index >= 15 is 0 Å². The van der Waals surface area contributed by atoms with Crippen molar-refractivity contribution >= 4 is 13.9 Å². The molecule has 0 aromatic heterocycles. The van der Waals surface area contributed by atoms with Crippen molar-refractivity contribution in [2.24, 2.45) is 5.41 Å². The van der Waals surface area contributed by atoms with E-state index in [0.717, 1.165) is 22.7 Å². The summed E-state index contributed by atoms with van der Waals surface area (Å²) in [4.78, 5) is 11.0. The molecule has 0 fully saturated rings. The summed E-state index contributed by atoms with van der Waals surface area (Å²) in [5.41, 5.74) is 4.91. The zero-order chi connectivity index (χ0) is 18.0. The van der Waals surface area contributed by atoms with Crippen LogP contribution in [0, 0.1) is 5.41 Å². The van der Waals surface area contributed by atoms with E-state index < -0.39 is 8.32 Å². The van der Waals surface area contributed by atoms with Crippen LogP contribution in [0.4, 0.5) is 0 Å². The van der Waals surface area contributed by atoms with Gasteiger partial charge in [0.05, 0.1) is 0 Å². The first kappa shape index (κ1) is 18.7. The Balaban J connectivity index is 2.18. The Morgan fingerprint density at radius 2 is 1.50 bits per heavy atom. The number of benzene rings is 2. The Morgan fingerprint density at radius 3 is 2.00 bits per heavy atom. The van der Waals surface area contributed by atoms with Gasteiger partial charge in [-0.1, -0.05) is 88.9 Å². The molecule has 0 amide bonds. The van der Waals surface area contributed by atoms with Gasteiger partial charge in [-0.05, 0) is 45.8 Å². The predicted molar refractivity (Wildman–Crippen MR) is 108 cm³/mol. The second-order valence-electron chi connectivity index (χ2n) is 8.28. The van der Waals surface area contributed by atoms with Gasteiger partial charge in [0, 0.05) is 0 Å². The monoisotopic (exact) mass is 338 g/mol. The second kappa shape index (κ2) is 7.08. The minimum Gasteiger partial charge on any atom is -0.431 e. The first-order chi connectivity index (χ1) is 11.1. The Labute approximate surface area is 148 Å². The molecule has 2 rings (SSSR count). The molecule has 1 N–H and O–H groups in total. The van der Waals surface area contributed by atoms with E-state index in [1.54, 1.807) is 0 Å². The van der Waals surface area contributed by atoms with Crippen LogP contribution in [-0.2, 0) is 0 Å². The third kappa shape index (κ3) is 4.68. The van der Waals surface area contributed by atoms with Crippen LogP contribution in [-0.4, -0.2) is 13.1 Å². The van der Waals surface area contributed by atoms with Gasteiger partial charge in [0.25, 0.3) is 0 Å². The maximum atomic E-state index is 11.0. The van der Waals surface area contributed by atoms with E-state index in [9.17, 15) is 4.80 Å². The van der Waals surface area contributed by atoms with Gasteiger partial charge in [-0.15, -0.1) is 0 Å². The van der Waals surface area contributed by atoms with Crippen LogP contribution in [0.1, 0.15) is 49.9 Å². The van der Waals surface area contributed by atoms with Crippen LogP contribution in [0.15, 0.2) is 61.2 Å². The SMILES string of the molecule is C=C(c1ccccc1)c1ccc(C(C)[Si](C)(O)CC(C)(C)C)cc1. The molecule has 0 aliphatic rings. The summed E-state index contributed by atoms with van der Waals surface area (Å²) >= 11 is 0. The molecule has 0 radical (unpaired) electrons. The van der Waals surface area contributed by atoms with Crippen molar-refractivity contribution in [3.63, 3.8) is 0 Å². The van der Waals surface area contributed by atoms with Crippen LogP contribution in [0.5, 0.6) is 0 Å². The normalized spacial score (nSPS) is 15.6. The van der Waals surface area contributed by atoms with Crippen molar-refractivity contribution in [2.45, 2.75) is 45.8 Å². The maximum Gasteiger partial charge on any atom is 0.193 e. The highest BCUT2D eigenvalue weighted by molar-refractivity contribution is 6.72. The fourth-order valence-electron chi connectivity index (χ4n) is 3.36. The van der Waals surface area contributed by atoms with E-state index in [0.29, 0.717) is 0 Å². The van der Waals surface area contributed by atoms with Gasteiger partial charge in [-0.2, -0.15) is 0 Å². The van der Waals surface area contributed by atoms with Crippen molar-refractivity contribution in [1.82, 2.24) is 0 Å². The van der Waals surface area contributed by atoms with Crippen molar-refractivity contribution in [1.29, 1.82) is 0 Å². The molecule has 0 saturated carbocycles. The molecule has 128 valence electrons. The van der Waals surface area contributed by atoms with Crippen LogP contribution in [0.3, 0.4) is 0 Å². The van der Waals surface area contributed by atoms with E-state index in [1.807, 2.05) is 18.2 Å². The molecule has 0 aliphatic carbocycles. The lowest BCUT2D eigenvalue weighted by atomic mass is 9.98. The first-order valence-electron chi connectivity index (χ1n) is 8.67. The van der Waals surface area contributed by atoms with Gasteiger partial charge in [0.15, 0.2) is 8.32 Å². The average molecular weight is 339 g/mol. The lowest BCUT2D eigenvalue weighted by Gasteiger charge is -2.34. The van der Waals surface area contributed by atoms with E-state index in [4.69, 9.17) is 0 Å². The molecule has 0 aliphatic heterocycles. The number of rotatable bonds is 5. The van der Waals surface area contributed by atoms with E-state index in [-0.39, 0.29) is 11.0 Å². The Bertz CT molecular complexity index is 678. The fraction of sp³-hybridized carbons (Fsp3) is 0.364. The molecule has 0 bridgehead atoms. The van der Waals surface area contributed by atoms with Gasteiger partial charge >= 0.3 is 0 Å². The zero-order valence-electron chi connectivity index (χ0n) is 15.6. The minimum atomic E-state index is -2.31. The maximum absolute atomic E-state index is 11.0. The third-order valence-corrected chi connectivity index (χ3v) is 8.68. The molecule has 2 heteroatoms. The van der Waals surface area contributed by atoms with Crippen LogP contribution in [0.2, 0.25) is 12.6 Å². The van der Waals surface area contributed by atoms with Gasteiger partial charge in [0.1, 0.15) is 0 Å². The van der Waals surface area contributed by atoms with Crippen LogP contribution >= 0.6 is 0 Å². The van der Waals surface area contributed by atoms with Gasteiger partial charge in [0.2, 0.25) is 0 Å². The van der Waals surface area contributed by atoms with Gasteiger partial charge in [-0.3, -0.25) is 0 Å². The fourth-order valence-corrected chi connectivity index (χ4v) is 6.73. The molecule has 2 aromatic rings. The molecule has 24 heavy (non-hydrogen) atoms. The minimum absolute atomic E-state index is 0.158. The molecule has 2 aromatic carbocycles. The number of hydrogen-bond donors (Lipinski definition) is 1. The average Bonchev–Trinajstić information content (AvgIpc) is 2.52. The Morgan fingerprint density at radius 1 is 1.00 bits per heavy atom. The van der Waals surface area contributed by atoms with Crippen molar-refractivity contribution in [2.75, 3.05) is 0 Å². The topological polar surface area (TPSA) is 20.2 Å². The summed E-state index contributed by atoms with van der Waals surface area (Å²) in [6.07, 6.45) is 0. The summed E-state index contributed by atoms with van der Waals surface area (Å²) in [5.74, 6) is 0. The number of hydrogen-bond acceptors (Lipinski definition) is 1. The summed E-state index contributed by atoms with van der Waals surface area (Å²) in [6, 6.07) is 19.7. The summed E-state index contributed by atoms with van der Waals surface area (Å²) in [5, 5.41) is 0. The first-order valence-corrected chi connectivity index (χ1v) is 11.4. The molecular weight excluding hydrogens is 308 g/mol. The smallest absolute Gasteiger partial charge is 0.193 e. The van der Waals surface area contributed by atoms with Crippen molar-refractivity contribution in [3.05, 3.63) is 77.9 Å². The highest BCUT2D eigenvalue weighted by atomic mass is 28.4. The molecule has 2 atom stereocenters. The summed E-state index contributed by atoms with van der Waals surface area (Å²) in [7, 11) is -2.31. The van der Waals surface area contributed by atoms with Crippen molar-refractivity contribution < 1.29 is 4.80 Å². The summed E-state index contributed by atoms with van der Waals surface area (Å²) < 4.78 is 0. The Hall–Kier alpha value is -1.64. The van der Waals surface area contributed by atoms with Crippen molar-refractivity contribution in [3.8, 4) is 0 Å². The standard InChI is InChI=1S/C22H30OSi/c1-17(19-10-8-7-9-11-19)20-12-14-21(15-13-20)18(2)24(6,23)16-22(3,4)5/h7-15,18,23H,1,16H2,2-6H3. The molecule has 1 nitrogen and oxygen atoms in total. The lowest BCUT2D eigenvalue weighted by molar-refractivity contribution is 0.413. The van der Waals surface area contributed by atoms with Gasteiger partial charge < -0.3 is 4.80 Å². The second-order valence-corrected chi connectivity index (χ2v) is 12.2. The highest BCUT2D eigenvalue weighted by Gasteiger charge is 2.36. The van der Waals surface area contributed by atoms with Gasteiger partial charge in [-0.25, -0.2) is 0 Å². The molecule has 2 unspecified atom stereocenters. The Kier molecular flexibility index (Phi) is 5.51. The van der Waals surface area contributed by atoms with Crippen LogP contribution < -0.4 is 0 Å². The lowest BCUT2D eigenvalue weighted by Crippen LogP contribution is -2.40. The largest absolute Gasteiger partial charge is 0.431 e.